The molecule has 1 aliphatic heterocycles. The van der Waals surface area contributed by atoms with Crippen molar-refractivity contribution >= 4 is 11.7 Å². The number of anilines is 1. The molecule has 13 heteroatoms. The van der Waals surface area contributed by atoms with Crippen molar-refractivity contribution < 1.29 is 27.4 Å². The molecule has 1 aliphatic rings. The number of ether oxygens (including phenoxy) is 2. The SMILES string of the molecule is COc1ccc(-n2ncc(C(=O)NCc3ccnc(N4CCOCC4)c3)c2C(F)(F)F)nn1. The number of carbonyl (C=O) groups excluding carboxylic acids is 1. The summed E-state index contributed by atoms with van der Waals surface area (Å²) in [6.45, 7) is 2.57. The minimum atomic E-state index is -4.86. The van der Waals surface area contributed by atoms with Crippen LogP contribution in [0.15, 0.2) is 36.7 Å². The number of methoxy groups -OCH3 is 1. The molecule has 3 aromatic heterocycles. The molecule has 0 bridgehead atoms. The van der Waals surface area contributed by atoms with Crippen LogP contribution in [0, 0.1) is 0 Å². The topological polar surface area (TPSA) is 107 Å². The number of aromatic nitrogens is 5. The summed E-state index contributed by atoms with van der Waals surface area (Å²) in [6, 6.07) is 6.08. The zero-order valence-electron chi connectivity index (χ0n) is 17.5. The normalized spacial score (nSPS) is 14.2. The summed E-state index contributed by atoms with van der Waals surface area (Å²) in [7, 11) is 1.36. The van der Waals surface area contributed by atoms with Crippen molar-refractivity contribution in [1.82, 2.24) is 30.3 Å². The van der Waals surface area contributed by atoms with E-state index in [2.05, 4.69) is 25.6 Å². The number of amides is 1. The molecule has 10 nitrogen and oxygen atoms in total. The number of nitrogens with zero attached hydrogens (tertiary/aromatic N) is 6. The van der Waals surface area contributed by atoms with Crippen LogP contribution in [-0.4, -0.2) is 64.3 Å². The summed E-state index contributed by atoms with van der Waals surface area (Å²) < 4.78 is 52.2. The minimum absolute atomic E-state index is 0.0174. The van der Waals surface area contributed by atoms with Crippen LogP contribution in [0.2, 0.25) is 0 Å². The monoisotopic (exact) mass is 463 g/mol. The maximum Gasteiger partial charge on any atom is 0.434 e. The highest BCUT2D eigenvalue weighted by Crippen LogP contribution is 2.33. The van der Waals surface area contributed by atoms with E-state index in [1.54, 1.807) is 18.3 Å². The molecule has 0 saturated carbocycles. The first-order valence-corrected chi connectivity index (χ1v) is 9.96. The van der Waals surface area contributed by atoms with Crippen molar-refractivity contribution in [1.29, 1.82) is 0 Å². The summed E-state index contributed by atoms with van der Waals surface area (Å²) >= 11 is 0. The number of hydrogen-bond acceptors (Lipinski definition) is 8. The van der Waals surface area contributed by atoms with Crippen LogP contribution in [0.25, 0.3) is 5.82 Å². The molecule has 0 spiro atoms. The average Bonchev–Trinajstić information content (AvgIpc) is 3.29. The van der Waals surface area contributed by atoms with Gasteiger partial charge in [-0.15, -0.1) is 10.2 Å². The van der Waals surface area contributed by atoms with Crippen molar-refractivity contribution in [3.05, 3.63) is 53.5 Å². The maximum absolute atomic E-state index is 13.8. The van der Waals surface area contributed by atoms with Gasteiger partial charge in [-0.1, -0.05) is 0 Å². The molecule has 0 aromatic carbocycles. The molecule has 1 amide bonds. The van der Waals surface area contributed by atoms with Gasteiger partial charge in [0.2, 0.25) is 5.88 Å². The van der Waals surface area contributed by atoms with Gasteiger partial charge in [0.15, 0.2) is 11.5 Å². The predicted molar refractivity (Wildman–Crippen MR) is 109 cm³/mol. The van der Waals surface area contributed by atoms with Crippen molar-refractivity contribution in [2.45, 2.75) is 12.7 Å². The molecule has 0 atom stereocenters. The number of hydrogen-bond donors (Lipinski definition) is 1. The zero-order chi connectivity index (χ0) is 23.4. The molecular formula is C20H20F3N7O3. The molecule has 33 heavy (non-hydrogen) atoms. The Morgan fingerprint density at radius 2 is 1.97 bits per heavy atom. The lowest BCUT2D eigenvalue weighted by atomic mass is 10.2. The lowest BCUT2D eigenvalue weighted by Crippen LogP contribution is -2.36. The van der Waals surface area contributed by atoms with Crippen LogP contribution >= 0.6 is 0 Å². The zero-order valence-corrected chi connectivity index (χ0v) is 17.5. The third-order valence-corrected chi connectivity index (χ3v) is 4.93. The standard InChI is InChI=1S/C20H20F3N7O3/c1-32-17-3-2-15(27-28-17)30-18(20(21,22)23)14(12-26-30)19(31)25-11-13-4-5-24-16(10-13)29-6-8-33-9-7-29/h2-5,10,12H,6-9,11H2,1H3,(H,25,31). The average molecular weight is 463 g/mol. The number of halogens is 3. The van der Waals surface area contributed by atoms with Crippen LogP contribution in [-0.2, 0) is 17.5 Å². The fraction of sp³-hybridized carbons (Fsp3) is 0.350. The third-order valence-electron chi connectivity index (χ3n) is 4.93. The van der Waals surface area contributed by atoms with Gasteiger partial charge in [-0.2, -0.15) is 18.3 Å². The molecule has 4 heterocycles. The first-order chi connectivity index (χ1) is 15.9. The van der Waals surface area contributed by atoms with Gasteiger partial charge >= 0.3 is 6.18 Å². The van der Waals surface area contributed by atoms with Gasteiger partial charge in [-0.3, -0.25) is 4.79 Å². The fourth-order valence-electron chi connectivity index (χ4n) is 3.31. The molecule has 174 valence electrons. The molecular weight excluding hydrogens is 443 g/mol. The van der Waals surface area contributed by atoms with Gasteiger partial charge in [0.25, 0.3) is 5.91 Å². The van der Waals surface area contributed by atoms with E-state index in [0.29, 0.717) is 42.4 Å². The number of carbonyl (C=O) groups is 1. The van der Waals surface area contributed by atoms with E-state index >= 15 is 0 Å². The van der Waals surface area contributed by atoms with Gasteiger partial charge in [-0.05, 0) is 23.8 Å². The second kappa shape index (κ2) is 9.40. The Morgan fingerprint density at radius 1 is 1.18 bits per heavy atom. The Bertz CT molecular complexity index is 1110. The van der Waals surface area contributed by atoms with E-state index in [1.807, 2.05) is 4.90 Å². The van der Waals surface area contributed by atoms with Crippen molar-refractivity contribution in [3.8, 4) is 11.7 Å². The number of alkyl halides is 3. The molecule has 0 unspecified atom stereocenters. The molecule has 4 rings (SSSR count). The number of pyridine rings is 1. The molecule has 1 fully saturated rings. The summed E-state index contributed by atoms with van der Waals surface area (Å²) in [6.07, 6.45) is -2.41. The second-order valence-electron chi connectivity index (χ2n) is 7.05. The van der Waals surface area contributed by atoms with Crippen molar-refractivity contribution in [2.24, 2.45) is 0 Å². The Labute approximate surface area is 186 Å². The fourth-order valence-corrected chi connectivity index (χ4v) is 3.31. The van der Waals surface area contributed by atoms with Gasteiger partial charge in [0.1, 0.15) is 5.82 Å². The van der Waals surface area contributed by atoms with Gasteiger partial charge in [-0.25, -0.2) is 9.67 Å². The van der Waals surface area contributed by atoms with E-state index in [1.165, 1.54) is 19.2 Å². The smallest absolute Gasteiger partial charge is 0.434 e. The number of rotatable bonds is 6. The van der Waals surface area contributed by atoms with Gasteiger partial charge in [0, 0.05) is 31.9 Å². The molecule has 3 aromatic rings. The first kappa shape index (κ1) is 22.5. The van der Waals surface area contributed by atoms with E-state index < -0.39 is 23.3 Å². The van der Waals surface area contributed by atoms with Crippen LogP contribution < -0.4 is 15.0 Å². The summed E-state index contributed by atoms with van der Waals surface area (Å²) in [5, 5.41) is 13.6. The minimum Gasteiger partial charge on any atom is -0.480 e. The van der Waals surface area contributed by atoms with Crippen LogP contribution in [0.4, 0.5) is 19.0 Å². The Kier molecular flexibility index (Phi) is 6.40. The first-order valence-electron chi connectivity index (χ1n) is 9.96. The highest BCUT2D eigenvalue weighted by molar-refractivity contribution is 5.95. The molecule has 0 aliphatic carbocycles. The largest absolute Gasteiger partial charge is 0.480 e. The van der Waals surface area contributed by atoms with Crippen molar-refractivity contribution in [2.75, 3.05) is 38.3 Å². The van der Waals surface area contributed by atoms with E-state index in [0.717, 1.165) is 6.20 Å². The Morgan fingerprint density at radius 3 is 2.64 bits per heavy atom. The highest BCUT2D eigenvalue weighted by Gasteiger charge is 2.41. The molecule has 1 N–H and O–H groups in total. The van der Waals surface area contributed by atoms with Gasteiger partial charge in [0.05, 0.1) is 32.1 Å². The van der Waals surface area contributed by atoms with Crippen LogP contribution in [0.5, 0.6) is 5.88 Å². The number of morpholine rings is 1. The maximum atomic E-state index is 13.8. The molecule has 1 saturated heterocycles. The van der Waals surface area contributed by atoms with Crippen LogP contribution in [0.1, 0.15) is 21.6 Å². The summed E-state index contributed by atoms with van der Waals surface area (Å²) in [4.78, 5) is 19.0. The van der Waals surface area contributed by atoms with E-state index in [-0.39, 0.29) is 18.2 Å². The number of nitrogens with one attached hydrogen (secondary N) is 1. The molecule has 0 radical (unpaired) electrons. The van der Waals surface area contributed by atoms with Gasteiger partial charge < -0.3 is 19.7 Å². The lowest BCUT2D eigenvalue weighted by molar-refractivity contribution is -0.143. The van der Waals surface area contributed by atoms with E-state index in [4.69, 9.17) is 9.47 Å². The Hall–Kier alpha value is -3.74. The summed E-state index contributed by atoms with van der Waals surface area (Å²) in [5.74, 6) is -0.274. The quantitative estimate of drug-likeness (QED) is 0.590. The highest BCUT2D eigenvalue weighted by atomic mass is 19.4. The van der Waals surface area contributed by atoms with Crippen LogP contribution in [0.3, 0.4) is 0 Å². The summed E-state index contributed by atoms with van der Waals surface area (Å²) in [5.41, 5.74) is -1.17. The second-order valence-corrected chi connectivity index (χ2v) is 7.05. The van der Waals surface area contributed by atoms with E-state index in [9.17, 15) is 18.0 Å². The predicted octanol–water partition coefficient (Wildman–Crippen LogP) is 1.85. The Balaban J connectivity index is 1.53. The lowest BCUT2D eigenvalue weighted by Gasteiger charge is -2.28. The third kappa shape index (κ3) is 5.03. The van der Waals surface area contributed by atoms with Crippen molar-refractivity contribution in [3.63, 3.8) is 0 Å².